The number of hydrogen-bond acceptors (Lipinski definition) is 2. The number of rotatable bonds is 3. The molecule has 21 heavy (non-hydrogen) atoms. The van der Waals surface area contributed by atoms with Crippen molar-refractivity contribution < 1.29 is 13.7 Å². The van der Waals surface area contributed by atoms with Gasteiger partial charge >= 0.3 is 0 Å². The molecule has 4 nitrogen and oxygen atoms in total. The first-order valence-corrected chi connectivity index (χ1v) is 6.23. The Labute approximate surface area is 118 Å². The van der Waals surface area contributed by atoms with Crippen LogP contribution in [0, 0.1) is 21.7 Å². The molecule has 0 saturated carbocycles. The molecule has 0 aliphatic heterocycles. The van der Waals surface area contributed by atoms with E-state index in [1.54, 1.807) is 29.0 Å². The molecule has 0 atom stereocenters. The van der Waals surface area contributed by atoms with Gasteiger partial charge in [0.15, 0.2) is 11.6 Å². The second-order valence-electron chi connectivity index (χ2n) is 4.63. The van der Waals surface area contributed by atoms with Crippen molar-refractivity contribution in [2.45, 2.75) is 6.54 Å². The second kappa shape index (κ2) is 4.97. The van der Waals surface area contributed by atoms with E-state index >= 15 is 0 Å². The van der Waals surface area contributed by atoms with Crippen LogP contribution in [0.4, 0.5) is 14.5 Å². The Bertz CT molecular complexity index is 843. The van der Waals surface area contributed by atoms with Crippen LogP contribution in [0.15, 0.2) is 48.7 Å². The third kappa shape index (κ3) is 2.24. The molecule has 0 spiro atoms. The zero-order valence-electron chi connectivity index (χ0n) is 10.8. The lowest BCUT2D eigenvalue weighted by Crippen LogP contribution is -2.03. The number of fused-ring (bicyclic) bond motifs is 1. The molecule has 0 aliphatic rings. The van der Waals surface area contributed by atoms with Crippen LogP contribution in [-0.2, 0) is 6.54 Å². The van der Waals surface area contributed by atoms with Crippen molar-refractivity contribution >= 4 is 16.6 Å². The predicted molar refractivity (Wildman–Crippen MR) is 74.1 cm³/mol. The van der Waals surface area contributed by atoms with Crippen LogP contribution >= 0.6 is 0 Å². The highest BCUT2D eigenvalue weighted by Gasteiger charge is 2.16. The number of nitro groups is 1. The van der Waals surface area contributed by atoms with E-state index in [4.69, 9.17) is 0 Å². The molecule has 6 heteroatoms. The fourth-order valence-electron chi connectivity index (χ4n) is 2.37. The molecule has 0 bridgehead atoms. The number of nitro benzene ring substituents is 1. The molecule has 0 saturated heterocycles. The molecule has 0 unspecified atom stereocenters. The Morgan fingerprint density at radius 3 is 2.62 bits per heavy atom. The molecule has 0 N–H and O–H groups in total. The van der Waals surface area contributed by atoms with E-state index in [1.165, 1.54) is 18.2 Å². The van der Waals surface area contributed by atoms with Gasteiger partial charge in [0.2, 0.25) is 0 Å². The number of para-hydroxylation sites is 1. The Morgan fingerprint density at radius 1 is 1.10 bits per heavy atom. The quantitative estimate of drug-likeness (QED) is 0.542. The number of aromatic nitrogens is 1. The first kappa shape index (κ1) is 13.2. The first-order valence-electron chi connectivity index (χ1n) is 6.23. The van der Waals surface area contributed by atoms with Gasteiger partial charge in [0.05, 0.1) is 11.5 Å². The van der Waals surface area contributed by atoms with Crippen molar-refractivity contribution in [3.05, 3.63) is 76.0 Å². The lowest BCUT2D eigenvalue weighted by Gasteiger charge is -2.07. The van der Waals surface area contributed by atoms with Gasteiger partial charge in [0, 0.05) is 23.2 Å². The molecule has 0 aliphatic carbocycles. The van der Waals surface area contributed by atoms with Crippen LogP contribution in [-0.4, -0.2) is 9.49 Å². The minimum atomic E-state index is -0.932. The van der Waals surface area contributed by atoms with Crippen molar-refractivity contribution in [1.82, 2.24) is 4.57 Å². The summed E-state index contributed by atoms with van der Waals surface area (Å²) >= 11 is 0. The second-order valence-corrected chi connectivity index (χ2v) is 4.63. The SMILES string of the molecule is O=[N+]([O-])c1cccc2ccn(Cc3cccc(F)c3F)c12. The molecular formula is C15H10F2N2O2. The van der Waals surface area contributed by atoms with E-state index in [9.17, 15) is 18.9 Å². The summed E-state index contributed by atoms with van der Waals surface area (Å²) in [6, 6.07) is 10.3. The van der Waals surface area contributed by atoms with Crippen molar-refractivity contribution in [2.75, 3.05) is 0 Å². The molecular weight excluding hydrogens is 278 g/mol. The maximum atomic E-state index is 13.7. The summed E-state index contributed by atoms with van der Waals surface area (Å²) in [7, 11) is 0. The lowest BCUT2D eigenvalue weighted by atomic mass is 10.2. The van der Waals surface area contributed by atoms with Gasteiger partial charge in [0.1, 0.15) is 5.52 Å². The van der Waals surface area contributed by atoms with E-state index < -0.39 is 16.6 Å². The normalized spacial score (nSPS) is 11.0. The Kier molecular flexibility index (Phi) is 3.13. The van der Waals surface area contributed by atoms with Gasteiger partial charge in [-0.3, -0.25) is 10.1 Å². The third-order valence-corrected chi connectivity index (χ3v) is 3.34. The molecule has 3 rings (SSSR count). The van der Waals surface area contributed by atoms with Gasteiger partial charge in [-0.05, 0) is 12.1 Å². The van der Waals surface area contributed by atoms with E-state index in [-0.39, 0.29) is 17.8 Å². The summed E-state index contributed by atoms with van der Waals surface area (Å²) in [5, 5.41) is 11.8. The van der Waals surface area contributed by atoms with Gasteiger partial charge in [-0.1, -0.05) is 24.3 Å². The van der Waals surface area contributed by atoms with Gasteiger partial charge in [0.25, 0.3) is 5.69 Å². The highest BCUT2D eigenvalue weighted by Crippen LogP contribution is 2.27. The maximum absolute atomic E-state index is 13.7. The van der Waals surface area contributed by atoms with Crippen LogP contribution in [0.2, 0.25) is 0 Å². The summed E-state index contributed by atoms with van der Waals surface area (Å²) in [5.41, 5.74) is 0.478. The van der Waals surface area contributed by atoms with Crippen molar-refractivity contribution in [1.29, 1.82) is 0 Å². The smallest absolute Gasteiger partial charge is 0.293 e. The summed E-state index contributed by atoms with van der Waals surface area (Å²) in [5.74, 6) is -1.86. The molecule has 1 aromatic heterocycles. The van der Waals surface area contributed by atoms with Crippen LogP contribution in [0.1, 0.15) is 5.56 Å². The highest BCUT2D eigenvalue weighted by molar-refractivity contribution is 5.88. The highest BCUT2D eigenvalue weighted by atomic mass is 19.2. The third-order valence-electron chi connectivity index (χ3n) is 3.34. The minimum Gasteiger partial charge on any atom is -0.337 e. The molecule has 2 aromatic carbocycles. The summed E-state index contributed by atoms with van der Waals surface area (Å²) in [6.07, 6.45) is 1.63. The zero-order valence-corrected chi connectivity index (χ0v) is 10.8. The molecule has 106 valence electrons. The van der Waals surface area contributed by atoms with Crippen molar-refractivity contribution in [2.24, 2.45) is 0 Å². The minimum absolute atomic E-state index is 0.0257. The van der Waals surface area contributed by atoms with Crippen molar-refractivity contribution in [3.8, 4) is 0 Å². The average Bonchev–Trinajstić information content (AvgIpc) is 2.87. The largest absolute Gasteiger partial charge is 0.337 e. The van der Waals surface area contributed by atoms with E-state index in [0.29, 0.717) is 10.9 Å². The van der Waals surface area contributed by atoms with Crippen molar-refractivity contribution in [3.63, 3.8) is 0 Å². The number of halogens is 2. The van der Waals surface area contributed by atoms with E-state index in [2.05, 4.69) is 0 Å². The van der Waals surface area contributed by atoms with Crippen LogP contribution in [0.3, 0.4) is 0 Å². The number of nitrogens with zero attached hydrogens (tertiary/aromatic N) is 2. The number of non-ortho nitro benzene ring substituents is 1. The summed E-state index contributed by atoms with van der Waals surface area (Å²) in [6.45, 7) is 0.0257. The molecule has 0 amide bonds. The number of benzene rings is 2. The van der Waals surface area contributed by atoms with Gasteiger partial charge in [-0.15, -0.1) is 0 Å². The van der Waals surface area contributed by atoms with Gasteiger partial charge in [-0.2, -0.15) is 0 Å². The van der Waals surface area contributed by atoms with Gasteiger partial charge in [-0.25, -0.2) is 8.78 Å². The topological polar surface area (TPSA) is 48.1 Å². The summed E-state index contributed by atoms with van der Waals surface area (Å²) in [4.78, 5) is 10.6. The molecule has 0 radical (unpaired) electrons. The Hall–Kier alpha value is -2.76. The van der Waals surface area contributed by atoms with E-state index in [1.807, 2.05) is 0 Å². The zero-order chi connectivity index (χ0) is 15.0. The predicted octanol–water partition coefficient (Wildman–Crippen LogP) is 3.88. The summed E-state index contributed by atoms with van der Waals surface area (Å²) < 4.78 is 28.5. The fourth-order valence-corrected chi connectivity index (χ4v) is 2.37. The van der Waals surface area contributed by atoms with Crippen LogP contribution in [0.5, 0.6) is 0 Å². The maximum Gasteiger partial charge on any atom is 0.293 e. The Balaban J connectivity index is 2.13. The van der Waals surface area contributed by atoms with Crippen LogP contribution in [0.25, 0.3) is 10.9 Å². The molecule has 0 fully saturated rings. The number of hydrogen-bond donors (Lipinski definition) is 0. The average molecular weight is 288 g/mol. The molecule has 1 heterocycles. The monoisotopic (exact) mass is 288 g/mol. The van der Waals surface area contributed by atoms with Crippen LogP contribution < -0.4 is 0 Å². The standard InChI is InChI=1S/C15H10F2N2O2/c16-12-5-1-4-11(14(12)17)9-18-8-7-10-3-2-6-13(15(10)18)19(20)21/h1-8H,9H2. The lowest BCUT2D eigenvalue weighted by molar-refractivity contribution is -0.383. The fraction of sp³-hybridized carbons (Fsp3) is 0.0667. The molecule has 3 aromatic rings. The Morgan fingerprint density at radius 2 is 1.86 bits per heavy atom. The van der Waals surface area contributed by atoms with E-state index in [0.717, 1.165) is 6.07 Å². The first-order chi connectivity index (χ1) is 10.1. The van der Waals surface area contributed by atoms with Gasteiger partial charge < -0.3 is 4.57 Å².